The first-order chi connectivity index (χ1) is 16.9. The minimum atomic E-state index is -1.04. The summed E-state index contributed by atoms with van der Waals surface area (Å²) >= 11 is 0. The molecule has 1 aromatic carbocycles. The molecule has 9 nitrogen and oxygen atoms in total. The van der Waals surface area contributed by atoms with Crippen LogP contribution in [0.15, 0.2) is 30.3 Å². The van der Waals surface area contributed by atoms with Crippen LogP contribution in [-0.4, -0.2) is 56.7 Å². The van der Waals surface area contributed by atoms with E-state index in [2.05, 4.69) is 33.7 Å². The maximum absolute atomic E-state index is 12.9. The highest BCUT2D eigenvalue weighted by Crippen LogP contribution is 2.35. The molecule has 0 spiro atoms. The lowest BCUT2D eigenvalue weighted by molar-refractivity contribution is -0.136. The van der Waals surface area contributed by atoms with Crippen LogP contribution in [0, 0.1) is 0 Å². The second-order valence-electron chi connectivity index (χ2n) is 10.1. The summed E-state index contributed by atoms with van der Waals surface area (Å²) in [5.41, 5.74) is 4.63. The first kappa shape index (κ1) is 22.3. The Bertz CT molecular complexity index is 1220. The maximum Gasteiger partial charge on any atom is 0.256 e. The molecule has 3 amide bonds. The third kappa shape index (κ3) is 4.03. The van der Waals surface area contributed by atoms with E-state index in [1.165, 1.54) is 21.6 Å². The highest BCUT2D eigenvalue weighted by Gasteiger charge is 2.41. The quantitative estimate of drug-likeness (QED) is 0.564. The number of nitrogens with one attached hydrogen (secondary N) is 2. The van der Waals surface area contributed by atoms with Crippen molar-refractivity contribution in [1.82, 2.24) is 25.4 Å². The number of aliphatic hydroxyl groups is 1. The fourth-order valence-electron chi connectivity index (χ4n) is 5.74. The summed E-state index contributed by atoms with van der Waals surface area (Å²) < 4.78 is 0. The summed E-state index contributed by atoms with van der Waals surface area (Å²) in [5.74, 6) is -0.995. The molecule has 2 saturated heterocycles. The monoisotopic (exact) mass is 475 g/mol. The van der Waals surface area contributed by atoms with Gasteiger partial charge < -0.3 is 15.3 Å². The standard InChI is InChI=1S/C26H29N5O4/c32-23-6-4-21(24(33)29-23)31-15-20-19(25(31)34)3-5-22(28-20)26(35)7-9-30(10-8-26)14-16-1-2-17-12-27-13-18(17)11-16/h1-3,5,11,21,27,35H,4,6-10,12-15H2,(H,29,32,33). The van der Waals surface area contributed by atoms with Gasteiger partial charge in [0.25, 0.3) is 5.91 Å². The van der Waals surface area contributed by atoms with Crippen molar-refractivity contribution in [1.29, 1.82) is 0 Å². The van der Waals surface area contributed by atoms with Crippen LogP contribution in [0.2, 0.25) is 0 Å². The molecular weight excluding hydrogens is 446 g/mol. The van der Waals surface area contributed by atoms with Gasteiger partial charge in [-0.25, -0.2) is 0 Å². The van der Waals surface area contributed by atoms with Crippen molar-refractivity contribution in [3.05, 3.63) is 64.0 Å². The van der Waals surface area contributed by atoms with Crippen molar-refractivity contribution in [3.63, 3.8) is 0 Å². The van der Waals surface area contributed by atoms with Crippen LogP contribution in [0.5, 0.6) is 0 Å². The van der Waals surface area contributed by atoms with E-state index in [4.69, 9.17) is 4.98 Å². The van der Waals surface area contributed by atoms with Gasteiger partial charge in [0.1, 0.15) is 11.6 Å². The third-order valence-corrected chi connectivity index (χ3v) is 7.84. The van der Waals surface area contributed by atoms with E-state index in [9.17, 15) is 19.5 Å². The van der Waals surface area contributed by atoms with Crippen LogP contribution in [0.3, 0.4) is 0 Å². The first-order valence-electron chi connectivity index (χ1n) is 12.3. The number of rotatable bonds is 4. The Morgan fingerprint density at radius 1 is 1.06 bits per heavy atom. The minimum absolute atomic E-state index is 0.212. The van der Waals surface area contributed by atoms with Crippen LogP contribution in [-0.2, 0) is 41.4 Å². The molecule has 0 aliphatic carbocycles. The predicted octanol–water partition coefficient (Wildman–Crippen LogP) is 0.929. The van der Waals surface area contributed by atoms with Crippen molar-refractivity contribution in [3.8, 4) is 0 Å². The van der Waals surface area contributed by atoms with E-state index in [1.807, 2.05) is 0 Å². The van der Waals surface area contributed by atoms with Crippen molar-refractivity contribution < 1.29 is 19.5 Å². The Morgan fingerprint density at radius 2 is 1.86 bits per heavy atom. The molecule has 1 unspecified atom stereocenters. The molecule has 182 valence electrons. The lowest BCUT2D eigenvalue weighted by Crippen LogP contribution is -2.52. The number of pyridine rings is 1. The van der Waals surface area contributed by atoms with Gasteiger partial charge in [-0.05, 0) is 48.1 Å². The summed E-state index contributed by atoms with van der Waals surface area (Å²) in [6.45, 7) is 4.45. The predicted molar refractivity (Wildman–Crippen MR) is 126 cm³/mol. The fourth-order valence-corrected chi connectivity index (χ4v) is 5.74. The zero-order valence-corrected chi connectivity index (χ0v) is 19.5. The number of aromatic nitrogens is 1. The van der Waals surface area contributed by atoms with E-state index in [-0.39, 0.29) is 24.8 Å². The number of imide groups is 1. The molecule has 2 fully saturated rings. The van der Waals surface area contributed by atoms with Gasteiger partial charge in [-0.3, -0.25) is 29.6 Å². The number of hydrogen-bond acceptors (Lipinski definition) is 7. The molecule has 3 N–H and O–H groups in total. The van der Waals surface area contributed by atoms with Gasteiger partial charge in [-0.1, -0.05) is 18.2 Å². The van der Waals surface area contributed by atoms with Gasteiger partial charge in [0.15, 0.2) is 0 Å². The number of piperidine rings is 2. The normalized spacial score (nSPS) is 23.9. The van der Waals surface area contributed by atoms with Gasteiger partial charge in [-0.2, -0.15) is 0 Å². The van der Waals surface area contributed by atoms with Crippen LogP contribution < -0.4 is 10.6 Å². The average Bonchev–Trinajstić information content (AvgIpc) is 3.44. The molecule has 1 aromatic heterocycles. The molecule has 1 atom stereocenters. The molecule has 4 aliphatic heterocycles. The SMILES string of the molecule is O=C1CCC(N2Cc3nc(C4(O)CCN(Cc5ccc6c(c5)CNC6)CC4)ccc3C2=O)C(=O)N1. The number of carbonyl (C=O) groups excluding carboxylic acids is 3. The molecule has 9 heteroatoms. The Kier molecular flexibility index (Phi) is 5.43. The summed E-state index contributed by atoms with van der Waals surface area (Å²) in [5, 5.41) is 17.1. The molecular formula is C26H29N5O4. The number of carbonyl (C=O) groups is 3. The zero-order valence-electron chi connectivity index (χ0n) is 19.5. The minimum Gasteiger partial charge on any atom is -0.383 e. The van der Waals surface area contributed by atoms with Crippen molar-refractivity contribution >= 4 is 17.7 Å². The Hall–Kier alpha value is -3.14. The lowest BCUT2D eigenvalue weighted by atomic mass is 9.87. The van der Waals surface area contributed by atoms with Gasteiger partial charge in [0, 0.05) is 39.1 Å². The van der Waals surface area contributed by atoms with Crippen LogP contribution in [0.25, 0.3) is 0 Å². The number of benzene rings is 1. The summed E-state index contributed by atoms with van der Waals surface area (Å²) in [7, 11) is 0. The van der Waals surface area contributed by atoms with E-state index in [0.29, 0.717) is 36.2 Å². The van der Waals surface area contributed by atoms with E-state index < -0.39 is 17.6 Å². The smallest absolute Gasteiger partial charge is 0.256 e. The number of likely N-dealkylation sites (tertiary alicyclic amines) is 1. The largest absolute Gasteiger partial charge is 0.383 e. The molecule has 6 rings (SSSR count). The van der Waals surface area contributed by atoms with Gasteiger partial charge in [0.2, 0.25) is 11.8 Å². The second-order valence-corrected chi connectivity index (χ2v) is 10.1. The Balaban J connectivity index is 1.12. The van der Waals surface area contributed by atoms with Crippen molar-refractivity contribution in [2.24, 2.45) is 0 Å². The van der Waals surface area contributed by atoms with Crippen LogP contribution >= 0.6 is 0 Å². The van der Waals surface area contributed by atoms with Gasteiger partial charge >= 0.3 is 0 Å². The molecule has 4 aliphatic rings. The summed E-state index contributed by atoms with van der Waals surface area (Å²) in [6, 6.07) is 9.48. The maximum atomic E-state index is 12.9. The van der Waals surface area contributed by atoms with Gasteiger partial charge in [0.05, 0.1) is 23.5 Å². The van der Waals surface area contributed by atoms with Crippen LogP contribution in [0.1, 0.15) is 64.1 Å². The topological polar surface area (TPSA) is 115 Å². The lowest BCUT2D eigenvalue weighted by Gasteiger charge is -2.38. The molecule has 5 heterocycles. The Labute approximate surface area is 203 Å². The van der Waals surface area contributed by atoms with E-state index in [0.717, 1.165) is 32.7 Å². The molecule has 0 radical (unpaired) electrons. The van der Waals surface area contributed by atoms with Gasteiger partial charge in [-0.15, -0.1) is 0 Å². The second kappa shape index (κ2) is 8.51. The van der Waals surface area contributed by atoms with E-state index >= 15 is 0 Å². The summed E-state index contributed by atoms with van der Waals surface area (Å²) in [6.07, 6.45) is 1.66. The molecule has 0 bridgehead atoms. The number of fused-ring (bicyclic) bond motifs is 2. The van der Waals surface area contributed by atoms with Crippen LogP contribution in [0.4, 0.5) is 0 Å². The van der Waals surface area contributed by atoms with E-state index in [1.54, 1.807) is 12.1 Å². The number of hydrogen-bond donors (Lipinski definition) is 3. The van der Waals surface area contributed by atoms with Crippen molar-refractivity contribution in [2.75, 3.05) is 13.1 Å². The molecule has 2 aromatic rings. The molecule has 35 heavy (non-hydrogen) atoms. The zero-order chi connectivity index (χ0) is 24.2. The Morgan fingerprint density at radius 3 is 2.66 bits per heavy atom. The van der Waals surface area contributed by atoms with Crippen molar-refractivity contribution in [2.45, 2.75) is 63.5 Å². The summed E-state index contributed by atoms with van der Waals surface area (Å²) in [4.78, 5) is 45.2. The highest BCUT2D eigenvalue weighted by atomic mass is 16.3. The number of amides is 3. The first-order valence-corrected chi connectivity index (χ1v) is 12.3. The molecule has 0 saturated carbocycles. The number of nitrogens with zero attached hydrogens (tertiary/aromatic N) is 3. The highest BCUT2D eigenvalue weighted by molar-refractivity contribution is 6.05. The average molecular weight is 476 g/mol. The fraction of sp³-hybridized carbons (Fsp3) is 0.462. The third-order valence-electron chi connectivity index (χ3n) is 7.84.